The molecule has 2 aromatic rings. The first kappa shape index (κ1) is 15.1. The lowest BCUT2D eigenvalue weighted by molar-refractivity contribution is -0.137. The van der Waals surface area contributed by atoms with Gasteiger partial charge in [-0.2, -0.15) is 13.2 Å². The number of hydrogen-bond donors (Lipinski definition) is 0. The zero-order chi connectivity index (χ0) is 14.8. The fourth-order valence-electron chi connectivity index (χ4n) is 1.59. The third kappa shape index (κ3) is 3.62. The SMILES string of the molecule is Fc1cc(C(F)(F)F)cc(I)c1OCc1ccccc1. The van der Waals surface area contributed by atoms with Crippen molar-refractivity contribution in [1.29, 1.82) is 0 Å². The average Bonchev–Trinajstić information content (AvgIpc) is 2.37. The quantitative estimate of drug-likeness (QED) is 0.523. The molecule has 0 saturated carbocycles. The summed E-state index contributed by atoms with van der Waals surface area (Å²) in [6, 6.07) is 10.3. The monoisotopic (exact) mass is 396 g/mol. The topological polar surface area (TPSA) is 9.23 Å². The van der Waals surface area contributed by atoms with Crippen LogP contribution in [0.2, 0.25) is 0 Å². The van der Waals surface area contributed by atoms with Gasteiger partial charge in [-0.05, 0) is 40.3 Å². The van der Waals surface area contributed by atoms with Gasteiger partial charge in [0.25, 0.3) is 0 Å². The van der Waals surface area contributed by atoms with Gasteiger partial charge in [0.2, 0.25) is 0 Å². The standard InChI is InChI=1S/C14H9F4IO/c15-11-6-10(14(16,17)18)7-12(19)13(11)20-8-9-4-2-1-3-5-9/h1-7H,8H2. The highest BCUT2D eigenvalue weighted by atomic mass is 127. The second-order valence-corrected chi connectivity index (χ2v) is 5.20. The molecule has 0 amide bonds. The number of alkyl halides is 3. The third-order valence-corrected chi connectivity index (χ3v) is 3.35. The Morgan fingerprint density at radius 1 is 1.05 bits per heavy atom. The largest absolute Gasteiger partial charge is 0.485 e. The van der Waals surface area contributed by atoms with Crippen molar-refractivity contribution in [3.05, 3.63) is 63.0 Å². The first-order valence-electron chi connectivity index (χ1n) is 5.61. The van der Waals surface area contributed by atoms with Gasteiger partial charge in [-0.3, -0.25) is 0 Å². The van der Waals surface area contributed by atoms with E-state index in [-0.39, 0.29) is 15.9 Å². The highest BCUT2D eigenvalue weighted by Gasteiger charge is 2.32. The summed E-state index contributed by atoms with van der Waals surface area (Å²) in [5, 5.41) is 0. The lowest BCUT2D eigenvalue weighted by atomic mass is 10.2. The second-order valence-electron chi connectivity index (χ2n) is 4.04. The van der Waals surface area contributed by atoms with Gasteiger partial charge < -0.3 is 4.74 Å². The van der Waals surface area contributed by atoms with E-state index in [1.54, 1.807) is 46.9 Å². The number of rotatable bonds is 3. The molecular weight excluding hydrogens is 387 g/mol. The van der Waals surface area contributed by atoms with Gasteiger partial charge in [0.15, 0.2) is 11.6 Å². The first-order valence-corrected chi connectivity index (χ1v) is 6.69. The molecule has 0 spiro atoms. The molecule has 0 atom stereocenters. The first-order chi connectivity index (χ1) is 9.38. The van der Waals surface area contributed by atoms with Gasteiger partial charge in [0, 0.05) is 0 Å². The maximum atomic E-state index is 13.7. The van der Waals surface area contributed by atoms with Crippen LogP contribution in [0.4, 0.5) is 17.6 Å². The summed E-state index contributed by atoms with van der Waals surface area (Å²) >= 11 is 1.63. The zero-order valence-corrected chi connectivity index (χ0v) is 12.2. The highest BCUT2D eigenvalue weighted by molar-refractivity contribution is 14.1. The van der Waals surface area contributed by atoms with Crippen LogP contribution in [0.25, 0.3) is 0 Å². The van der Waals surface area contributed by atoms with Crippen LogP contribution < -0.4 is 4.74 Å². The van der Waals surface area contributed by atoms with Crippen molar-refractivity contribution >= 4 is 22.6 Å². The molecule has 0 N–H and O–H groups in total. The molecule has 0 unspecified atom stereocenters. The summed E-state index contributed by atoms with van der Waals surface area (Å²) in [6.07, 6.45) is -4.57. The van der Waals surface area contributed by atoms with Crippen LogP contribution in [0.3, 0.4) is 0 Å². The molecule has 0 radical (unpaired) electrons. The molecule has 0 fully saturated rings. The molecule has 0 bridgehead atoms. The van der Waals surface area contributed by atoms with Crippen molar-refractivity contribution in [3.63, 3.8) is 0 Å². The van der Waals surface area contributed by atoms with Gasteiger partial charge in [-0.15, -0.1) is 0 Å². The van der Waals surface area contributed by atoms with E-state index < -0.39 is 17.6 Å². The van der Waals surface area contributed by atoms with Crippen molar-refractivity contribution in [2.75, 3.05) is 0 Å². The van der Waals surface area contributed by atoms with Gasteiger partial charge >= 0.3 is 6.18 Å². The van der Waals surface area contributed by atoms with Crippen LogP contribution in [0.5, 0.6) is 5.75 Å². The summed E-state index contributed by atoms with van der Waals surface area (Å²) in [5.41, 5.74) is -0.214. The van der Waals surface area contributed by atoms with Gasteiger partial charge in [-0.25, -0.2) is 4.39 Å². The summed E-state index contributed by atoms with van der Waals surface area (Å²) < 4.78 is 56.6. The molecule has 0 aliphatic rings. The summed E-state index contributed by atoms with van der Waals surface area (Å²) in [5.74, 6) is -1.18. The van der Waals surface area contributed by atoms with Gasteiger partial charge in [-0.1, -0.05) is 30.3 Å². The maximum absolute atomic E-state index is 13.7. The molecule has 6 heteroatoms. The van der Waals surface area contributed by atoms with E-state index in [9.17, 15) is 17.6 Å². The predicted molar refractivity (Wildman–Crippen MR) is 74.9 cm³/mol. The molecule has 106 valence electrons. The van der Waals surface area contributed by atoms with E-state index >= 15 is 0 Å². The van der Waals surface area contributed by atoms with E-state index in [4.69, 9.17) is 4.74 Å². The zero-order valence-electron chi connectivity index (χ0n) is 10.0. The number of halogens is 5. The van der Waals surface area contributed by atoms with Crippen LogP contribution in [-0.4, -0.2) is 0 Å². The lowest BCUT2D eigenvalue weighted by Crippen LogP contribution is -2.08. The third-order valence-electron chi connectivity index (χ3n) is 2.55. The Balaban J connectivity index is 2.21. The van der Waals surface area contributed by atoms with E-state index in [0.29, 0.717) is 6.07 Å². The minimum atomic E-state index is -4.57. The maximum Gasteiger partial charge on any atom is 0.416 e. The predicted octanol–water partition coefficient (Wildman–Crippen LogP) is 5.03. The van der Waals surface area contributed by atoms with Crippen LogP contribution in [0.15, 0.2) is 42.5 Å². The Morgan fingerprint density at radius 3 is 2.25 bits per heavy atom. The minimum Gasteiger partial charge on any atom is -0.485 e. The average molecular weight is 396 g/mol. The Labute approximate surface area is 126 Å². The van der Waals surface area contributed by atoms with Crippen LogP contribution in [0, 0.1) is 9.39 Å². The molecule has 1 nitrogen and oxygen atoms in total. The molecule has 0 saturated heterocycles. The van der Waals surface area contributed by atoms with Gasteiger partial charge in [0.1, 0.15) is 6.61 Å². The number of benzene rings is 2. The van der Waals surface area contributed by atoms with Gasteiger partial charge in [0.05, 0.1) is 9.13 Å². The van der Waals surface area contributed by atoms with Crippen molar-refractivity contribution in [2.24, 2.45) is 0 Å². The van der Waals surface area contributed by atoms with Crippen molar-refractivity contribution in [2.45, 2.75) is 12.8 Å². The Morgan fingerprint density at radius 2 is 1.70 bits per heavy atom. The Hall–Kier alpha value is -1.31. The second kappa shape index (κ2) is 5.99. The van der Waals surface area contributed by atoms with E-state index in [0.717, 1.165) is 11.6 Å². The number of ether oxygens (including phenoxy) is 1. The smallest absolute Gasteiger partial charge is 0.416 e. The van der Waals surface area contributed by atoms with Crippen molar-refractivity contribution in [3.8, 4) is 5.75 Å². The number of hydrogen-bond acceptors (Lipinski definition) is 1. The minimum absolute atomic E-state index is 0.0888. The Kier molecular flexibility index (Phi) is 4.52. The summed E-state index contributed by atoms with van der Waals surface area (Å²) in [4.78, 5) is 0. The summed E-state index contributed by atoms with van der Waals surface area (Å²) in [7, 11) is 0. The molecule has 0 aliphatic heterocycles. The lowest BCUT2D eigenvalue weighted by Gasteiger charge is -2.13. The normalized spacial score (nSPS) is 11.4. The fraction of sp³-hybridized carbons (Fsp3) is 0.143. The van der Waals surface area contributed by atoms with Crippen LogP contribution >= 0.6 is 22.6 Å². The molecule has 0 aromatic heterocycles. The Bertz CT molecular complexity index is 573. The fourth-order valence-corrected chi connectivity index (χ4v) is 2.34. The van der Waals surface area contributed by atoms with E-state index in [2.05, 4.69) is 0 Å². The molecule has 0 heterocycles. The van der Waals surface area contributed by atoms with Crippen LogP contribution in [-0.2, 0) is 12.8 Å². The molecule has 2 rings (SSSR count). The van der Waals surface area contributed by atoms with Crippen LogP contribution in [0.1, 0.15) is 11.1 Å². The van der Waals surface area contributed by atoms with E-state index in [1.807, 2.05) is 6.07 Å². The molecular formula is C14H9F4IO. The van der Waals surface area contributed by atoms with Crippen molar-refractivity contribution in [1.82, 2.24) is 0 Å². The molecule has 20 heavy (non-hydrogen) atoms. The molecule has 2 aromatic carbocycles. The molecule has 0 aliphatic carbocycles. The van der Waals surface area contributed by atoms with E-state index in [1.165, 1.54) is 0 Å². The summed E-state index contributed by atoms with van der Waals surface area (Å²) in [6.45, 7) is 0.0964. The van der Waals surface area contributed by atoms with Crippen molar-refractivity contribution < 1.29 is 22.3 Å². The highest BCUT2D eigenvalue weighted by Crippen LogP contribution is 2.35.